The van der Waals surface area contributed by atoms with Gasteiger partial charge in [-0.25, -0.2) is 0 Å². The van der Waals surface area contributed by atoms with Gasteiger partial charge in [-0.05, 0) is 30.9 Å². The zero-order valence-corrected chi connectivity index (χ0v) is 12.0. The van der Waals surface area contributed by atoms with Gasteiger partial charge in [-0.1, -0.05) is 26.0 Å². The van der Waals surface area contributed by atoms with Gasteiger partial charge in [-0.15, -0.1) is 0 Å². The van der Waals surface area contributed by atoms with E-state index in [1.54, 1.807) is 4.90 Å². The highest BCUT2D eigenvalue weighted by Gasteiger charge is 2.41. The highest BCUT2D eigenvalue weighted by atomic mass is 16.2. The molecule has 0 bridgehead atoms. The number of carbonyl (C=O) groups excluding carboxylic acids is 2. The van der Waals surface area contributed by atoms with Crippen molar-refractivity contribution in [3.8, 4) is 0 Å². The number of fused-ring (bicyclic) bond motifs is 2. The first-order valence-corrected chi connectivity index (χ1v) is 7.31. The average Bonchev–Trinajstić information content (AvgIpc) is 2.89. The third kappa shape index (κ3) is 1.99. The molecule has 0 N–H and O–H groups in total. The second-order valence-electron chi connectivity index (χ2n) is 6.02. The number of hydrogen-bond donors (Lipinski definition) is 0. The summed E-state index contributed by atoms with van der Waals surface area (Å²) in [5.41, 5.74) is 1.43. The molecule has 0 aliphatic carbocycles. The summed E-state index contributed by atoms with van der Waals surface area (Å²) >= 11 is 0. The van der Waals surface area contributed by atoms with Gasteiger partial charge in [-0.3, -0.25) is 9.59 Å². The molecule has 2 heterocycles. The number of para-hydroxylation sites is 1. The highest BCUT2D eigenvalue weighted by Crippen LogP contribution is 2.32. The molecule has 0 aromatic heterocycles. The van der Waals surface area contributed by atoms with Crippen LogP contribution in [0.1, 0.15) is 37.0 Å². The number of carbonyl (C=O) groups is 2. The number of rotatable bonds is 2. The van der Waals surface area contributed by atoms with Crippen molar-refractivity contribution in [1.82, 2.24) is 4.90 Å². The molecule has 2 aliphatic heterocycles. The Morgan fingerprint density at radius 1 is 1.25 bits per heavy atom. The maximum absolute atomic E-state index is 12.8. The third-order valence-electron chi connectivity index (χ3n) is 4.04. The van der Waals surface area contributed by atoms with Gasteiger partial charge < -0.3 is 9.80 Å². The lowest BCUT2D eigenvalue weighted by molar-refractivity contribution is -0.122. The van der Waals surface area contributed by atoms with Gasteiger partial charge in [0.2, 0.25) is 5.91 Å². The Hall–Kier alpha value is -1.84. The maximum Gasteiger partial charge on any atom is 0.256 e. The number of hydrogen-bond acceptors (Lipinski definition) is 2. The molecule has 0 spiro atoms. The molecule has 1 atom stereocenters. The lowest BCUT2D eigenvalue weighted by Gasteiger charge is -2.27. The van der Waals surface area contributed by atoms with Crippen LogP contribution in [0.2, 0.25) is 0 Å². The van der Waals surface area contributed by atoms with Gasteiger partial charge in [-0.2, -0.15) is 0 Å². The van der Waals surface area contributed by atoms with Crippen molar-refractivity contribution in [1.29, 1.82) is 0 Å². The molecule has 2 aliphatic rings. The van der Waals surface area contributed by atoms with E-state index in [4.69, 9.17) is 0 Å². The van der Waals surface area contributed by atoms with Gasteiger partial charge in [0.1, 0.15) is 6.04 Å². The van der Waals surface area contributed by atoms with E-state index in [1.807, 2.05) is 29.2 Å². The van der Waals surface area contributed by atoms with Crippen LogP contribution in [0.4, 0.5) is 5.69 Å². The summed E-state index contributed by atoms with van der Waals surface area (Å²) in [5.74, 6) is 0.451. The minimum absolute atomic E-state index is 0.00251. The first-order chi connectivity index (χ1) is 9.59. The highest BCUT2D eigenvalue weighted by molar-refractivity contribution is 6.11. The molecule has 4 nitrogen and oxygen atoms in total. The predicted molar refractivity (Wildman–Crippen MR) is 77.7 cm³/mol. The summed E-state index contributed by atoms with van der Waals surface area (Å²) in [6.07, 6.45) is 1.70. The van der Waals surface area contributed by atoms with Crippen molar-refractivity contribution in [3.63, 3.8) is 0 Å². The Bertz CT molecular complexity index is 553. The standard InChI is InChI=1S/C16H20N2O2/c1-11(2)10-18-13-7-4-3-6-12(13)15(19)17-9-5-8-14(17)16(18)20/h3-4,6-7,11,14H,5,8-10H2,1-2H3/t14-/m0/s1. The van der Waals surface area contributed by atoms with E-state index in [2.05, 4.69) is 13.8 Å². The Balaban J connectivity index is 2.11. The fourth-order valence-corrected chi connectivity index (χ4v) is 3.16. The normalized spacial score (nSPS) is 22.1. The largest absolute Gasteiger partial charge is 0.327 e. The smallest absolute Gasteiger partial charge is 0.256 e. The summed E-state index contributed by atoms with van der Waals surface area (Å²) in [5, 5.41) is 0. The zero-order chi connectivity index (χ0) is 14.3. The Kier molecular flexibility index (Phi) is 3.24. The van der Waals surface area contributed by atoms with Crippen LogP contribution in [-0.4, -0.2) is 35.8 Å². The van der Waals surface area contributed by atoms with E-state index >= 15 is 0 Å². The first-order valence-electron chi connectivity index (χ1n) is 7.31. The van der Waals surface area contributed by atoms with Crippen LogP contribution >= 0.6 is 0 Å². The monoisotopic (exact) mass is 272 g/mol. The van der Waals surface area contributed by atoms with Crippen LogP contribution < -0.4 is 4.90 Å². The topological polar surface area (TPSA) is 40.6 Å². The number of nitrogens with zero attached hydrogens (tertiary/aromatic N) is 2. The number of amides is 2. The number of anilines is 1. The summed E-state index contributed by atoms with van der Waals surface area (Å²) in [4.78, 5) is 29.0. The van der Waals surface area contributed by atoms with Gasteiger partial charge in [0.15, 0.2) is 0 Å². The molecule has 0 unspecified atom stereocenters. The molecule has 4 heteroatoms. The molecule has 1 fully saturated rings. The van der Waals surface area contributed by atoms with E-state index in [1.165, 1.54) is 0 Å². The summed E-state index contributed by atoms with van der Waals surface area (Å²) in [6.45, 7) is 5.54. The Morgan fingerprint density at radius 2 is 2.00 bits per heavy atom. The molecular weight excluding hydrogens is 252 g/mol. The van der Waals surface area contributed by atoms with E-state index in [-0.39, 0.29) is 17.9 Å². The fourth-order valence-electron chi connectivity index (χ4n) is 3.16. The van der Waals surface area contributed by atoms with Crippen molar-refractivity contribution >= 4 is 17.5 Å². The average molecular weight is 272 g/mol. The van der Waals surface area contributed by atoms with Gasteiger partial charge >= 0.3 is 0 Å². The molecular formula is C16H20N2O2. The summed E-state index contributed by atoms with van der Waals surface area (Å²) in [6, 6.07) is 7.21. The van der Waals surface area contributed by atoms with E-state index in [9.17, 15) is 9.59 Å². The summed E-state index contributed by atoms with van der Waals surface area (Å²) < 4.78 is 0. The van der Waals surface area contributed by atoms with E-state index in [0.29, 0.717) is 24.6 Å². The molecule has 20 heavy (non-hydrogen) atoms. The lowest BCUT2D eigenvalue weighted by Crippen LogP contribution is -2.45. The maximum atomic E-state index is 12.8. The molecule has 1 aromatic rings. The van der Waals surface area contributed by atoms with Crippen LogP contribution in [0.25, 0.3) is 0 Å². The second-order valence-corrected chi connectivity index (χ2v) is 6.02. The molecule has 106 valence electrons. The van der Waals surface area contributed by atoms with Crippen LogP contribution in [-0.2, 0) is 4.79 Å². The molecule has 0 radical (unpaired) electrons. The zero-order valence-electron chi connectivity index (χ0n) is 12.0. The van der Waals surface area contributed by atoms with E-state index < -0.39 is 0 Å². The van der Waals surface area contributed by atoms with E-state index in [0.717, 1.165) is 18.5 Å². The predicted octanol–water partition coefficient (Wildman–Crippen LogP) is 2.29. The third-order valence-corrected chi connectivity index (χ3v) is 4.04. The quantitative estimate of drug-likeness (QED) is 0.829. The first kappa shape index (κ1) is 13.2. The van der Waals surface area contributed by atoms with Crippen molar-refractivity contribution in [2.24, 2.45) is 5.92 Å². The molecule has 3 rings (SSSR count). The van der Waals surface area contributed by atoms with Gasteiger partial charge in [0.05, 0.1) is 11.3 Å². The van der Waals surface area contributed by atoms with Crippen molar-refractivity contribution < 1.29 is 9.59 Å². The van der Waals surface area contributed by atoms with Crippen molar-refractivity contribution in [3.05, 3.63) is 29.8 Å². The van der Waals surface area contributed by atoms with Gasteiger partial charge in [0.25, 0.3) is 5.91 Å². The van der Waals surface area contributed by atoms with Crippen LogP contribution in [0.5, 0.6) is 0 Å². The SMILES string of the molecule is CC(C)CN1C(=O)[C@@H]2CCCN2C(=O)c2ccccc21. The van der Waals surface area contributed by atoms with Crippen LogP contribution in [0.15, 0.2) is 24.3 Å². The molecule has 1 aromatic carbocycles. The fraction of sp³-hybridized carbons (Fsp3) is 0.500. The minimum atomic E-state index is -0.270. The molecule has 0 saturated carbocycles. The van der Waals surface area contributed by atoms with Crippen LogP contribution in [0, 0.1) is 5.92 Å². The Morgan fingerprint density at radius 3 is 2.75 bits per heavy atom. The lowest BCUT2D eigenvalue weighted by atomic mass is 10.1. The summed E-state index contributed by atoms with van der Waals surface area (Å²) in [7, 11) is 0. The van der Waals surface area contributed by atoms with Crippen molar-refractivity contribution in [2.45, 2.75) is 32.7 Å². The molecule has 1 saturated heterocycles. The minimum Gasteiger partial charge on any atom is -0.327 e. The Labute approximate surface area is 119 Å². The van der Waals surface area contributed by atoms with Gasteiger partial charge in [0, 0.05) is 13.1 Å². The van der Waals surface area contributed by atoms with Crippen LogP contribution in [0.3, 0.4) is 0 Å². The number of benzene rings is 1. The molecule has 2 amide bonds. The second kappa shape index (κ2) is 4.93. The van der Waals surface area contributed by atoms with Crippen molar-refractivity contribution in [2.75, 3.05) is 18.0 Å².